The summed E-state index contributed by atoms with van der Waals surface area (Å²) in [5.74, 6) is 0. The highest BCUT2D eigenvalue weighted by Crippen LogP contribution is 2.25. The molecule has 2 rings (SSSR count). The van der Waals surface area contributed by atoms with Gasteiger partial charge in [0, 0.05) is 23.1 Å². The second-order valence-corrected chi connectivity index (χ2v) is 3.13. The zero-order valence-electron chi connectivity index (χ0n) is 7.89. The molecule has 0 saturated heterocycles. The monoisotopic (exact) mass is 205 g/mol. The molecule has 0 aliphatic heterocycles. The summed E-state index contributed by atoms with van der Waals surface area (Å²) in [7, 11) is 0. The predicted molar refractivity (Wildman–Crippen MR) is 53.9 cm³/mol. The molecule has 0 amide bonds. The Hall–Kier alpha value is -2.17. The molecular formula is C10H7NO4. The Balaban J connectivity index is 2.85. The highest BCUT2D eigenvalue weighted by molar-refractivity contribution is 5.83. The van der Waals surface area contributed by atoms with E-state index in [1.54, 1.807) is 6.92 Å². The van der Waals surface area contributed by atoms with Crippen LogP contribution in [0.1, 0.15) is 5.56 Å². The first-order valence-electron chi connectivity index (χ1n) is 4.27. The number of benzene rings is 1. The minimum atomic E-state index is -0.462. The van der Waals surface area contributed by atoms with Gasteiger partial charge in [0.25, 0.3) is 5.69 Å². The molecule has 0 atom stereocenters. The van der Waals surface area contributed by atoms with Gasteiger partial charge in [-0.25, -0.2) is 4.79 Å². The molecule has 5 nitrogen and oxygen atoms in total. The molecule has 5 heteroatoms. The topological polar surface area (TPSA) is 73.3 Å². The van der Waals surface area contributed by atoms with Crippen molar-refractivity contribution in [3.05, 3.63) is 50.4 Å². The number of nitro groups is 1. The lowest BCUT2D eigenvalue weighted by atomic mass is 10.1. The van der Waals surface area contributed by atoms with E-state index < -0.39 is 10.5 Å². The van der Waals surface area contributed by atoms with Crippen molar-refractivity contribution in [3.63, 3.8) is 0 Å². The smallest absolute Gasteiger partial charge is 0.336 e. The average Bonchev–Trinajstić information content (AvgIpc) is 2.17. The fourth-order valence-electron chi connectivity index (χ4n) is 1.48. The molecule has 0 radical (unpaired) electrons. The van der Waals surface area contributed by atoms with Crippen LogP contribution in [0.3, 0.4) is 0 Å². The van der Waals surface area contributed by atoms with Crippen LogP contribution in [-0.2, 0) is 0 Å². The third kappa shape index (κ3) is 1.48. The molecule has 0 bridgehead atoms. The van der Waals surface area contributed by atoms with E-state index in [-0.39, 0.29) is 5.69 Å². The molecule has 0 aliphatic carbocycles. The van der Waals surface area contributed by atoms with Crippen LogP contribution in [0.2, 0.25) is 0 Å². The van der Waals surface area contributed by atoms with E-state index in [1.807, 2.05) is 0 Å². The zero-order chi connectivity index (χ0) is 11.0. The lowest BCUT2D eigenvalue weighted by Crippen LogP contribution is -1.97. The molecule has 0 N–H and O–H groups in total. The molecule has 0 spiro atoms. The molecule has 15 heavy (non-hydrogen) atoms. The summed E-state index contributed by atoms with van der Waals surface area (Å²) >= 11 is 0. The second kappa shape index (κ2) is 3.20. The van der Waals surface area contributed by atoms with E-state index >= 15 is 0 Å². The van der Waals surface area contributed by atoms with E-state index in [1.165, 1.54) is 24.3 Å². The number of rotatable bonds is 1. The van der Waals surface area contributed by atoms with E-state index in [0.29, 0.717) is 16.5 Å². The molecule has 0 aliphatic rings. The molecule has 0 unspecified atom stereocenters. The number of aryl methyl sites for hydroxylation is 1. The van der Waals surface area contributed by atoms with Crippen molar-refractivity contribution in [2.75, 3.05) is 0 Å². The van der Waals surface area contributed by atoms with Gasteiger partial charge in [-0.05, 0) is 19.1 Å². The molecular weight excluding hydrogens is 198 g/mol. The summed E-state index contributed by atoms with van der Waals surface area (Å²) in [6.45, 7) is 1.63. The first kappa shape index (κ1) is 9.39. The maximum absolute atomic E-state index is 10.9. The van der Waals surface area contributed by atoms with Crippen LogP contribution in [0.4, 0.5) is 5.69 Å². The SMILES string of the molecule is Cc1c([N+](=O)[O-])ccc2oc(=O)ccc12. The van der Waals surface area contributed by atoms with Gasteiger partial charge >= 0.3 is 5.63 Å². The van der Waals surface area contributed by atoms with Crippen molar-refractivity contribution in [1.82, 2.24) is 0 Å². The Morgan fingerprint density at radius 2 is 2.00 bits per heavy atom. The van der Waals surface area contributed by atoms with Crippen LogP contribution in [0, 0.1) is 17.0 Å². The zero-order valence-corrected chi connectivity index (χ0v) is 7.89. The van der Waals surface area contributed by atoms with Crippen molar-refractivity contribution in [2.24, 2.45) is 0 Å². The Labute approximate surface area is 84.1 Å². The summed E-state index contributed by atoms with van der Waals surface area (Å²) in [4.78, 5) is 21.1. The van der Waals surface area contributed by atoms with E-state index in [9.17, 15) is 14.9 Å². The minimum absolute atomic E-state index is 0.0244. The van der Waals surface area contributed by atoms with Gasteiger partial charge in [0.05, 0.1) is 4.92 Å². The van der Waals surface area contributed by atoms with Gasteiger partial charge in [0.15, 0.2) is 0 Å². The molecule has 1 aromatic heterocycles. The van der Waals surface area contributed by atoms with Crippen LogP contribution in [-0.4, -0.2) is 4.92 Å². The van der Waals surface area contributed by atoms with Crippen LogP contribution < -0.4 is 5.63 Å². The molecule has 1 aromatic carbocycles. The Morgan fingerprint density at radius 1 is 1.27 bits per heavy atom. The van der Waals surface area contributed by atoms with Gasteiger partial charge in [0.1, 0.15) is 5.58 Å². The number of hydrogen-bond donors (Lipinski definition) is 0. The summed E-state index contributed by atoms with van der Waals surface area (Å²) in [6.07, 6.45) is 0. The summed E-state index contributed by atoms with van der Waals surface area (Å²) < 4.78 is 4.90. The molecule has 1 heterocycles. The Bertz CT molecular complexity index is 600. The maximum Gasteiger partial charge on any atom is 0.336 e. The highest BCUT2D eigenvalue weighted by Gasteiger charge is 2.13. The average molecular weight is 205 g/mol. The maximum atomic E-state index is 10.9. The normalized spacial score (nSPS) is 10.5. The molecule has 0 fully saturated rings. The summed E-state index contributed by atoms with van der Waals surface area (Å²) in [6, 6.07) is 5.55. The van der Waals surface area contributed by atoms with Crippen molar-refractivity contribution in [1.29, 1.82) is 0 Å². The van der Waals surface area contributed by atoms with E-state index in [2.05, 4.69) is 0 Å². The van der Waals surface area contributed by atoms with Crippen LogP contribution in [0.5, 0.6) is 0 Å². The number of nitrogens with zero attached hydrogens (tertiary/aromatic N) is 1. The van der Waals surface area contributed by atoms with Crippen LogP contribution >= 0.6 is 0 Å². The van der Waals surface area contributed by atoms with Crippen LogP contribution in [0.15, 0.2) is 33.5 Å². The number of fused-ring (bicyclic) bond motifs is 1. The van der Waals surface area contributed by atoms with Crippen molar-refractivity contribution >= 4 is 16.7 Å². The predicted octanol–water partition coefficient (Wildman–Crippen LogP) is 2.01. The lowest BCUT2D eigenvalue weighted by molar-refractivity contribution is -0.385. The molecule has 76 valence electrons. The lowest BCUT2D eigenvalue weighted by Gasteiger charge is -2.00. The first-order chi connectivity index (χ1) is 7.09. The van der Waals surface area contributed by atoms with Gasteiger partial charge in [-0.3, -0.25) is 10.1 Å². The van der Waals surface area contributed by atoms with Gasteiger partial charge in [0.2, 0.25) is 0 Å². The summed E-state index contributed by atoms with van der Waals surface area (Å²) in [5, 5.41) is 11.2. The fraction of sp³-hybridized carbons (Fsp3) is 0.100. The minimum Gasteiger partial charge on any atom is -0.423 e. The second-order valence-electron chi connectivity index (χ2n) is 3.13. The Kier molecular flexibility index (Phi) is 2.00. The molecule has 2 aromatic rings. The quantitative estimate of drug-likeness (QED) is 0.405. The highest BCUT2D eigenvalue weighted by atomic mass is 16.6. The standard InChI is InChI=1S/C10H7NO4/c1-6-7-2-5-10(12)15-9(7)4-3-8(6)11(13)14/h2-5H,1H3. The number of hydrogen-bond acceptors (Lipinski definition) is 4. The van der Waals surface area contributed by atoms with Gasteiger partial charge < -0.3 is 4.42 Å². The van der Waals surface area contributed by atoms with Crippen LogP contribution in [0.25, 0.3) is 11.0 Å². The Morgan fingerprint density at radius 3 is 2.67 bits per heavy atom. The van der Waals surface area contributed by atoms with Gasteiger partial charge in [-0.1, -0.05) is 0 Å². The molecule has 0 saturated carbocycles. The van der Waals surface area contributed by atoms with Crippen molar-refractivity contribution < 1.29 is 9.34 Å². The van der Waals surface area contributed by atoms with Crippen molar-refractivity contribution in [2.45, 2.75) is 6.92 Å². The van der Waals surface area contributed by atoms with E-state index in [0.717, 1.165) is 0 Å². The number of nitro benzene ring substituents is 1. The largest absolute Gasteiger partial charge is 0.423 e. The fourth-order valence-corrected chi connectivity index (χ4v) is 1.48. The van der Waals surface area contributed by atoms with Gasteiger partial charge in [-0.2, -0.15) is 0 Å². The van der Waals surface area contributed by atoms with Gasteiger partial charge in [-0.15, -0.1) is 0 Å². The summed E-state index contributed by atoms with van der Waals surface area (Å²) in [5.41, 5.74) is 0.430. The third-order valence-electron chi connectivity index (χ3n) is 2.24. The third-order valence-corrected chi connectivity index (χ3v) is 2.24. The van der Waals surface area contributed by atoms with Crippen molar-refractivity contribution in [3.8, 4) is 0 Å². The van der Waals surface area contributed by atoms with E-state index in [4.69, 9.17) is 4.42 Å². The first-order valence-corrected chi connectivity index (χ1v) is 4.27.